The Morgan fingerprint density at radius 1 is 1.22 bits per heavy atom. The minimum Gasteiger partial charge on any atom is -0.335 e. The van der Waals surface area contributed by atoms with E-state index in [0.717, 1.165) is 23.5 Å². The molecule has 2 amide bonds. The first kappa shape index (κ1) is 21.6. The summed E-state index contributed by atoms with van der Waals surface area (Å²) in [6, 6.07) is 3.36. The van der Waals surface area contributed by atoms with Gasteiger partial charge in [-0.3, -0.25) is 19.4 Å². The number of thiophene rings is 1. The second kappa shape index (κ2) is 7.98. The van der Waals surface area contributed by atoms with E-state index in [9.17, 15) is 22.8 Å². The zero-order valence-corrected chi connectivity index (χ0v) is 18.8. The number of nitrogens with zero attached hydrogens (tertiary/aromatic N) is 4. The fraction of sp³-hybridized carbons (Fsp3) is 0.350. The summed E-state index contributed by atoms with van der Waals surface area (Å²) in [4.78, 5) is 35.2. The number of benzene rings is 1. The van der Waals surface area contributed by atoms with Gasteiger partial charge in [0, 0.05) is 47.7 Å². The molecule has 168 valence electrons. The van der Waals surface area contributed by atoms with Crippen molar-refractivity contribution in [2.45, 2.75) is 12.2 Å². The van der Waals surface area contributed by atoms with Crippen molar-refractivity contribution < 1.29 is 22.8 Å². The average Bonchev–Trinajstić information content (AvgIpc) is 3.34. The number of piperazine rings is 1. The van der Waals surface area contributed by atoms with Crippen molar-refractivity contribution in [3.8, 4) is 0 Å². The fourth-order valence-corrected chi connectivity index (χ4v) is 6.02. The largest absolute Gasteiger partial charge is 0.416 e. The standard InChI is InChI=1S/C20H16ClF3N4O2S2/c21-17-13-2-1-11(20(22,23)24)5-14(13)32-18(17)19(30)27-6-12(7-27)26-3-4-28(16(29)8-26)15-9-31-10-25-15/h1-2,5,9-10,12H,3-4,6-8H2. The van der Waals surface area contributed by atoms with Crippen LogP contribution in [0.2, 0.25) is 5.02 Å². The number of carbonyl (C=O) groups excluding carboxylic acids is 2. The number of likely N-dealkylation sites (tertiary alicyclic amines) is 1. The van der Waals surface area contributed by atoms with Gasteiger partial charge in [0.1, 0.15) is 10.7 Å². The maximum Gasteiger partial charge on any atom is 0.416 e. The van der Waals surface area contributed by atoms with E-state index < -0.39 is 11.7 Å². The molecule has 1 aromatic carbocycles. The molecule has 0 radical (unpaired) electrons. The lowest BCUT2D eigenvalue weighted by molar-refractivity contribution is -0.137. The molecule has 32 heavy (non-hydrogen) atoms. The van der Waals surface area contributed by atoms with Crippen LogP contribution < -0.4 is 4.90 Å². The molecule has 12 heteroatoms. The minimum atomic E-state index is -4.46. The van der Waals surface area contributed by atoms with Gasteiger partial charge in [-0.05, 0) is 12.1 Å². The smallest absolute Gasteiger partial charge is 0.335 e. The normalized spacial score (nSPS) is 18.4. The number of alkyl halides is 3. The number of hydrogen-bond donors (Lipinski definition) is 0. The Morgan fingerprint density at radius 2 is 2.00 bits per heavy atom. The highest BCUT2D eigenvalue weighted by Gasteiger charge is 2.40. The van der Waals surface area contributed by atoms with Crippen LogP contribution in [0.15, 0.2) is 29.1 Å². The molecular weight excluding hydrogens is 485 g/mol. The Hall–Kier alpha value is -2.21. The zero-order chi connectivity index (χ0) is 22.6. The summed E-state index contributed by atoms with van der Waals surface area (Å²) in [7, 11) is 0. The molecule has 3 aromatic rings. The lowest BCUT2D eigenvalue weighted by atomic mass is 10.1. The maximum absolute atomic E-state index is 13.0. The number of halogens is 4. The number of anilines is 1. The number of amides is 2. The van der Waals surface area contributed by atoms with Gasteiger partial charge in [-0.2, -0.15) is 13.2 Å². The molecule has 2 aliphatic heterocycles. The predicted molar refractivity (Wildman–Crippen MR) is 118 cm³/mol. The molecule has 2 saturated heterocycles. The van der Waals surface area contributed by atoms with Gasteiger partial charge in [0.15, 0.2) is 0 Å². The molecule has 0 atom stereocenters. The first-order valence-electron chi connectivity index (χ1n) is 9.73. The third kappa shape index (κ3) is 3.76. The number of fused-ring (bicyclic) bond motifs is 1. The van der Waals surface area contributed by atoms with E-state index in [0.29, 0.717) is 42.1 Å². The van der Waals surface area contributed by atoms with Gasteiger partial charge in [0.25, 0.3) is 5.91 Å². The number of aromatic nitrogens is 1. The van der Waals surface area contributed by atoms with Crippen molar-refractivity contribution in [3.63, 3.8) is 0 Å². The quantitative estimate of drug-likeness (QED) is 0.541. The molecule has 0 bridgehead atoms. The molecule has 6 nitrogen and oxygen atoms in total. The Bertz CT molecular complexity index is 1190. The van der Waals surface area contributed by atoms with E-state index in [1.54, 1.807) is 15.3 Å². The van der Waals surface area contributed by atoms with Crippen molar-refractivity contribution in [1.29, 1.82) is 0 Å². The zero-order valence-electron chi connectivity index (χ0n) is 16.4. The van der Waals surface area contributed by atoms with Gasteiger partial charge in [-0.25, -0.2) is 4.98 Å². The Balaban J connectivity index is 1.24. The molecule has 5 rings (SSSR count). The number of hydrogen-bond acceptors (Lipinski definition) is 6. The van der Waals surface area contributed by atoms with Crippen LogP contribution in [0.3, 0.4) is 0 Å². The van der Waals surface area contributed by atoms with Crippen LogP contribution in [-0.4, -0.2) is 65.4 Å². The van der Waals surface area contributed by atoms with E-state index >= 15 is 0 Å². The Kier molecular flexibility index (Phi) is 5.39. The Labute approximate surface area is 193 Å². The minimum absolute atomic E-state index is 0.0278. The molecule has 0 unspecified atom stereocenters. The highest BCUT2D eigenvalue weighted by atomic mass is 35.5. The van der Waals surface area contributed by atoms with Crippen LogP contribution in [0, 0.1) is 0 Å². The summed E-state index contributed by atoms with van der Waals surface area (Å²) in [5, 5.41) is 2.46. The van der Waals surface area contributed by atoms with Crippen LogP contribution in [0.1, 0.15) is 15.2 Å². The monoisotopic (exact) mass is 500 g/mol. The number of carbonyl (C=O) groups is 2. The molecule has 4 heterocycles. The van der Waals surface area contributed by atoms with Crippen molar-refractivity contribution in [1.82, 2.24) is 14.8 Å². The van der Waals surface area contributed by atoms with Gasteiger partial charge in [-0.15, -0.1) is 22.7 Å². The van der Waals surface area contributed by atoms with E-state index in [1.165, 1.54) is 17.4 Å². The summed E-state index contributed by atoms with van der Waals surface area (Å²) in [6.45, 7) is 2.37. The molecule has 2 aliphatic rings. The van der Waals surface area contributed by atoms with Crippen molar-refractivity contribution >= 4 is 62.0 Å². The van der Waals surface area contributed by atoms with Crippen LogP contribution in [0.4, 0.5) is 19.0 Å². The predicted octanol–water partition coefficient (Wildman–Crippen LogP) is 4.20. The SMILES string of the molecule is O=C(c1sc2cc(C(F)(F)F)ccc2c1Cl)N1CC(N2CCN(c3cscn3)C(=O)C2)C1. The first-order valence-corrected chi connectivity index (χ1v) is 11.9. The van der Waals surface area contributed by atoms with Crippen molar-refractivity contribution in [3.05, 3.63) is 44.6 Å². The lowest BCUT2D eigenvalue weighted by Crippen LogP contribution is -2.65. The molecule has 0 N–H and O–H groups in total. The maximum atomic E-state index is 13.0. The van der Waals surface area contributed by atoms with Crippen LogP contribution in [-0.2, 0) is 11.0 Å². The lowest BCUT2D eigenvalue weighted by Gasteiger charge is -2.47. The second-order valence-electron chi connectivity index (χ2n) is 7.68. The number of thiazole rings is 1. The molecule has 0 saturated carbocycles. The molecular formula is C20H16ClF3N4O2S2. The molecule has 0 aliphatic carbocycles. The van der Waals surface area contributed by atoms with E-state index in [-0.39, 0.29) is 34.3 Å². The van der Waals surface area contributed by atoms with E-state index in [2.05, 4.69) is 9.88 Å². The van der Waals surface area contributed by atoms with Crippen LogP contribution in [0.5, 0.6) is 0 Å². The van der Waals surface area contributed by atoms with Gasteiger partial charge >= 0.3 is 6.18 Å². The average molecular weight is 501 g/mol. The summed E-state index contributed by atoms with van der Waals surface area (Å²) >= 11 is 8.74. The van der Waals surface area contributed by atoms with Crippen LogP contribution >= 0.6 is 34.3 Å². The highest BCUT2D eigenvalue weighted by molar-refractivity contribution is 7.21. The van der Waals surface area contributed by atoms with Gasteiger partial charge in [0.2, 0.25) is 5.91 Å². The van der Waals surface area contributed by atoms with Crippen LogP contribution in [0.25, 0.3) is 10.1 Å². The third-order valence-corrected chi connectivity index (χ3v) is 7.98. The Morgan fingerprint density at radius 3 is 2.66 bits per heavy atom. The summed E-state index contributed by atoms with van der Waals surface area (Å²) in [5.41, 5.74) is 0.917. The van der Waals surface area contributed by atoms with Crippen molar-refractivity contribution in [2.75, 3.05) is 37.6 Å². The van der Waals surface area contributed by atoms with Gasteiger partial charge in [0.05, 0.1) is 22.6 Å². The van der Waals surface area contributed by atoms with E-state index in [1.807, 2.05) is 5.38 Å². The fourth-order valence-electron chi connectivity index (χ4n) is 3.96. The van der Waals surface area contributed by atoms with Gasteiger partial charge in [-0.1, -0.05) is 17.7 Å². The topological polar surface area (TPSA) is 56.8 Å². The molecule has 2 aromatic heterocycles. The van der Waals surface area contributed by atoms with Gasteiger partial charge < -0.3 is 4.90 Å². The summed E-state index contributed by atoms with van der Waals surface area (Å²) < 4.78 is 39.3. The highest BCUT2D eigenvalue weighted by Crippen LogP contribution is 2.40. The molecule has 2 fully saturated rings. The first-order chi connectivity index (χ1) is 15.2. The number of rotatable bonds is 3. The summed E-state index contributed by atoms with van der Waals surface area (Å²) in [5.74, 6) is 0.339. The van der Waals surface area contributed by atoms with E-state index in [4.69, 9.17) is 11.6 Å². The summed E-state index contributed by atoms with van der Waals surface area (Å²) in [6.07, 6.45) is -4.46. The third-order valence-electron chi connectivity index (χ3n) is 5.76. The van der Waals surface area contributed by atoms with Crippen molar-refractivity contribution in [2.24, 2.45) is 0 Å². The molecule has 0 spiro atoms. The second-order valence-corrected chi connectivity index (χ2v) is 9.83.